The zero-order valence-electron chi connectivity index (χ0n) is 13.6. The maximum atomic E-state index is 12.9. The molecule has 1 heterocycles. The Bertz CT molecular complexity index is 785. The van der Waals surface area contributed by atoms with Crippen LogP contribution in [0.2, 0.25) is 0 Å². The van der Waals surface area contributed by atoms with Crippen LogP contribution in [-0.4, -0.2) is 29.3 Å². The first kappa shape index (κ1) is 16.1. The van der Waals surface area contributed by atoms with E-state index in [2.05, 4.69) is 10.2 Å². The third-order valence-electron chi connectivity index (χ3n) is 3.57. The monoisotopic (exact) mass is 327 g/mol. The summed E-state index contributed by atoms with van der Waals surface area (Å²) in [6.45, 7) is 1.18. The molecule has 0 N–H and O–H groups in total. The van der Waals surface area contributed by atoms with Gasteiger partial charge < -0.3 is 9.15 Å². The van der Waals surface area contributed by atoms with Crippen LogP contribution in [0.4, 0.5) is 4.39 Å². The molecule has 0 saturated heterocycles. The fraction of sp³-hybridized carbons (Fsp3) is 0.222. The quantitative estimate of drug-likeness (QED) is 0.693. The first-order chi connectivity index (χ1) is 11.6. The van der Waals surface area contributed by atoms with Crippen LogP contribution in [0.25, 0.3) is 11.5 Å². The van der Waals surface area contributed by atoms with Crippen molar-refractivity contribution in [3.8, 4) is 17.2 Å². The maximum absolute atomic E-state index is 12.9. The van der Waals surface area contributed by atoms with E-state index in [4.69, 9.17) is 9.15 Å². The van der Waals surface area contributed by atoms with E-state index in [0.717, 1.165) is 16.9 Å². The molecule has 0 unspecified atom stereocenters. The molecule has 0 amide bonds. The highest BCUT2D eigenvalue weighted by atomic mass is 19.1. The van der Waals surface area contributed by atoms with Crippen molar-refractivity contribution in [1.82, 2.24) is 15.1 Å². The third-order valence-corrected chi connectivity index (χ3v) is 3.57. The van der Waals surface area contributed by atoms with Crippen molar-refractivity contribution < 1.29 is 13.5 Å². The fourth-order valence-corrected chi connectivity index (χ4v) is 2.36. The molecular formula is C18H18FN3O2. The van der Waals surface area contributed by atoms with Crippen LogP contribution < -0.4 is 4.74 Å². The Labute approximate surface area is 139 Å². The lowest BCUT2D eigenvalue weighted by molar-refractivity contribution is 0.282. The highest BCUT2D eigenvalue weighted by molar-refractivity contribution is 5.53. The van der Waals surface area contributed by atoms with E-state index >= 15 is 0 Å². The van der Waals surface area contributed by atoms with Crippen molar-refractivity contribution in [1.29, 1.82) is 0 Å². The SMILES string of the molecule is COc1ccc(-c2nnc(CN(C)Cc3ccc(F)cc3)o2)cc1. The minimum Gasteiger partial charge on any atom is -0.497 e. The summed E-state index contributed by atoms with van der Waals surface area (Å²) in [5.74, 6) is 1.55. The Balaban J connectivity index is 1.63. The molecule has 124 valence electrons. The van der Waals surface area contributed by atoms with E-state index in [1.165, 1.54) is 12.1 Å². The van der Waals surface area contributed by atoms with Gasteiger partial charge in [0.05, 0.1) is 13.7 Å². The zero-order valence-corrected chi connectivity index (χ0v) is 13.6. The molecule has 0 atom stereocenters. The number of halogens is 1. The van der Waals surface area contributed by atoms with E-state index < -0.39 is 0 Å². The van der Waals surface area contributed by atoms with Crippen LogP contribution in [0.5, 0.6) is 5.75 Å². The molecule has 1 aromatic heterocycles. The van der Waals surface area contributed by atoms with Crippen molar-refractivity contribution in [3.05, 3.63) is 65.8 Å². The second-order valence-corrected chi connectivity index (χ2v) is 5.53. The van der Waals surface area contributed by atoms with Gasteiger partial charge in [-0.3, -0.25) is 4.90 Å². The Morgan fingerprint density at radius 1 is 1.00 bits per heavy atom. The average molecular weight is 327 g/mol. The van der Waals surface area contributed by atoms with E-state index in [1.54, 1.807) is 19.2 Å². The number of ether oxygens (including phenoxy) is 1. The Morgan fingerprint density at radius 3 is 2.38 bits per heavy atom. The van der Waals surface area contributed by atoms with Crippen molar-refractivity contribution in [2.75, 3.05) is 14.2 Å². The zero-order chi connectivity index (χ0) is 16.9. The van der Waals surface area contributed by atoms with Gasteiger partial charge in [0.25, 0.3) is 0 Å². The highest BCUT2D eigenvalue weighted by Crippen LogP contribution is 2.21. The van der Waals surface area contributed by atoms with E-state index in [9.17, 15) is 4.39 Å². The predicted octanol–water partition coefficient (Wildman–Crippen LogP) is 3.52. The molecule has 6 heteroatoms. The molecular weight excluding hydrogens is 309 g/mol. The molecule has 0 saturated carbocycles. The lowest BCUT2D eigenvalue weighted by Crippen LogP contribution is -2.17. The van der Waals surface area contributed by atoms with Gasteiger partial charge >= 0.3 is 0 Å². The summed E-state index contributed by atoms with van der Waals surface area (Å²) in [4.78, 5) is 2.03. The molecule has 0 spiro atoms. The van der Waals surface area contributed by atoms with Gasteiger partial charge in [0, 0.05) is 12.1 Å². The normalized spacial score (nSPS) is 11.0. The summed E-state index contributed by atoms with van der Waals surface area (Å²) in [6.07, 6.45) is 0. The van der Waals surface area contributed by atoms with Gasteiger partial charge in [-0.05, 0) is 49.0 Å². The molecule has 0 aliphatic rings. The topological polar surface area (TPSA) is 51.4 Å². The fourth-order valence-electron chi connectivity index (χ4n) is 2.36. The van der Waals surface area contributed by atoms with E-state index in [0.29, 0.717) is 24.9 Å². The molecule has 0 aliphatic heterocycles. The lowest BCUT2D eigenvalue weighted by atomic mass is 10.2. The minimum absolute atomic E-state index is 0.234. The van der Waals surface area contributed by atoms with Crippen LogP contribution >= 0.6 is 0 Å². The summed E-state index contributed by atoms with van der Waals surface area (Å²) in [5.41, 5.74) is 1.87. The average Bonchev–Trinajstić information content (AvgIpc) is 3.05. The van der Waals surface area contributed by atoms with Gasteiger partial charge in [-0.2, -0.15) is 0 Å². The number of aromatic nitrogens is 2. The molecule has 0 radical (unpaired) electrons. The van der Waals surface area contributed by atoms with Crippen LogP contribution in [0.3, 0.4) is 0 Å². The van der Waals surface area contributed by atoms with Gasteiger partial charge in [-0.25, -0.2) is 4.39 Å². The number of hydrogen-bond acceptors (Lipinski definition) is 5. The predicted molar refractivity (Wildman–Crippen MR) is 87.9 cm³/mol. The summed E-state index contributed by atoms with van der Waals surface area (Å²) in [7, 11) is 3.57. The van der Waals surface area contributed by atoms with Crippen LogP contribution in [-0.2, 0) is 13.1 Å². The number of nitrogens with zero attached hydrogens (tertiary/aromatic N) is 3. The van der Waals surface area contributed by atoms with Crippen LogP contribution in [0, 0.1) is 5.82 Å². The smallest absolute Gasteiger partial charge is 0.247 e. The van der Waals surface area contributed by atoms with Gasteiger partial charge in [0.2, 0.25) is 11.8 Å². The van der Waals surface area contributed by atoms with Crippen molar-refractivity contribution in [2.45, 2.75) is 13.1 Å². The number of rotatable bonds is 6. The first-order valence-electron chi connectivity index (χ1n) is 7.54. The largest absolute Gasteiger partial charge is 0.497 e. The lowest BCUT2D eigenvalue weighted by Gasteiger charge is -2.14. The number of methoxy groups -OCH3 is 1. The van der Waals surface area contributed by atoms with Crippen molar-refractivity contribution in [3.63, 3.8) is 0 Å². The Morgan fingerprint density at radius 2 is 1.71 bits per heavy atom. The first-order valence-corrected chi connectivity index (χ1v) is 7.54. The number of hydrogen-bond donors (Lipinski definition) is 0. The highest BCUT2D eigenvalue weighted by Gasteiger charge is 2.11. The second-order valence-electron chi connectivity index (χ2n) is 5.53. The third kappa shape index (κ3) is 3.97. The second kappa shape index (κ2) is 7.23. The minimum atomic E-state index is -0.234. The molecule has 0 fully saturated rings. The van der Waals surface area contributed by atoms with Crippen LogP contribution in [0.15, 0.2) is 52.9 Å². The molecule has 2 aromatic carbocycles. The van der Waals surface area contributed by atoms with Crippen molar-refractivity contribution in [2.24, 2.45) is 0 Å². The molecule has 24 heavy (non-hydrogen) atoms. The van der Waals surface area contributed by atoms with Gasteiger partial charge in [-0.15, -0.1) is 10.2 Å². The van der Waals surface area contributed by atoms with E-state index in [1.807, 2.05) is 36.2 Å². The molecule has 3 rings (SSSR count). The van der Waals surface area contributed by atoms with Gasteiger partial charge in [0.15, 0.2) is 0 Å². The summed E-state index contributed by atoms with van der Waals surface area (Å²) < 4.78 is 23.8. The summed E-state index contributed by atoms with van der Waals surface area (Å²) in [5, 5.41) is 8.16. The standard InChI is InChI=1S/C18H18FN3O2/c1-22(11-13-3-7-15(19)8-4-13)12-17-20-21-18(24-17)14-5-9-16(23-2)10-6-14/h3-10H,11-12H2,1-2H3. The van der Waals surface area contributed by atoms with Gasteiger partial charge in [-0.1, -0.05) is 12.1 Å². The molecule has 0 bridgehead atoms. The summed E-state index contributed by atoms with van der Waals surface area (Å²) >= 11 is 0. The van der Waals surface area contributed by atoms with Gasteiger partial charge in [0.1, 0.15) is 11.6 Å². The molecule has 5 nitrogen and oxygen atoms in total. The molecule has 0 aliphatic carbocycles. The number of benzene rings is 2. The summed E-state index contributed by atoms with van der Waals surface area (Å²) in [6, 6.07) is 13.9. The van der Waals surface area contributed by atoms with Crippen LogP contribution in [0.1, 0.15) is 11.5 Å². The maximum Gasteiger partial charge on any atom is 0.247 e. The van der Waals surface area contributed by atoms with Crippen molar-refractivity contribution >= 4 is 0 Å². The Kier molecular flexibility index (Phi) is 4.86. The van der Waals surface area contributed by atoms with E-state index in [-0.39, 0.29) is 5.82 Å². The Hall–Kier alpha value is -2.73. The molecule has 3 aromatic rings.